The normalized spacial score (nSPS) is 12.7. The number of fused-ring (bicyclic) bond motifs is 2. The summed E-state index contributed by atoms with van der Waals surface area (Å²) in [6.07, 6.45) is -2.70. The summed E-state index contributed by atoms with van der Waals surface area (Å²) in [6.45, 7) is 0.191. The molecule has 2 N–H and O–H groups in total. The van der Waals surface area contributed by atoms with Gasteiger partial charge < -0.3 is 14.5 Å². The Labute approximate surface area is 166 Å². The monoisotopic (exact) mass is 414 g/mol. The smallest absolute Gasteiger partial charge is 0.295 e. The van der Waals surface area contributed by atoms with Crippen molar-refractivity contribution in [2.75, 3.05) is 12.1 Å². The molecule has 0 atom stereocenters. The van der Waals surface area contributed by atoms with Crippen LogP contribution in [-0.4, -0.2) is 27.7 Å². The molecular formula is C19H12F2N4O3S. The average Bonchev–Trinajstić information content (AvgIpc) is 3.45. The number of aromatic amines is 1. The molecule has 1 aliphatic heterocycles. The number of halogens is 2. The van der Waals surface area contributed by atoms with E-state index in [9.17, 15) is 13.6 Å². The maximum atomic E-state index is 12.8. The summed E-state index contributed by atoms with van der Waals surface area (Å²) >= 11 is 1.28. The highest BCUT2D eigenvalue weighted by Gasteiger charge is 2.17. The maximum absolute atomic E-state index is 12.8. The number of imidazole rings is 1. The molecule has 0 fully saturated rings. The quantitative estimate of drug-likeness (QED) is 0.509. The topological polar surface area (TPSA) is 89.1 Å². The highest BCUT2D eigenvalue weighted by atomic mass is 32.1. The number of rotatable bonds is 4. The van der Waals surface area contributed by atoms with Gasteiger partial charge in [0.15, 0.2) is 22.5 Å². The number of hydrogen-bond acceptors (Lipinski definition) is 6. The first kappa shape index (κ1) is 17.6. The van der Waals surface area contributed by atoms with Gasteiger partial charge in [-0.15, -0.1) is 11.3 Å². The van der Waals surface area contributed by atoms with Crippen LogP contribution < -0.4 is 14.8 Å². The molecule has 0 unspecified atom stereocenters. The molecule has 7 nitrogen and oxygen atoms in total. The van der Waals surface area contributed by atoms with E-state index in [1.807, 2.05) is 23.6 Å². The van der Waals surface area contributed by atoms with Crippen LogP contribution in [0.25, 0.3) is 22.3 Å². The van der Waals surface area contributed by atoms with E-state index in [1.54, 1.807) is 0 Å². The van der Waals surface area contributed by atoms with Crippen LogP contribution in [0.2, 0.25) is 0 Å². The molecule has 1 amide bonds. The number of aromatic nitrogens is 3. The lowest BCUT2D eigenvalue weighted by Gasteiger charge is -2.02. The van der Waals surface area contributed by atoms with Crippen molar-refractivity contribution in [3.8, 4) is 22.8 Å². The van der Waals surface area contributed by atoms with Crippen molar-refractivity contribution >= 4 is 33.4 Å². The van der Waals surface area contributed by atoms with Crippen LogP contribution in [0.1, 0.15) is 22.6 Å². The molecule has 0 radical (unpaired) electrons. The van der Waals surface area contributed by atoms with Crippen LogP contribution in [0, 0.1) is 0 Å². The van der Waals surface area contributed by atoms with Crippen molar-refractivity contribution in [2.45, 2.75) is 6.43 Å². The molecule has 1 aliphatic rings. The number of H-pyrrole nitrogens is 1. The molecule has 4 aromatic rings. The molecule has 0 spiro atoms. The van der Waals surface area contributed by atoms with Gasteiger partial charge in [-0.1, -0.05) is 0 Å². The maximum Gasteiger partial charge on any atom is 0.295 e. The lowest BCUT2D eigenvalue weighted by molar-refractivity contribution is 0.102. The van der Waals surface area contributed by atoms with Gasteiger partial charge in [-0.05, 0) is 36.4 Å². The number of carbonyl (C=O) groups is 1. The Bertz CT molecular complexity index is 1240. The van der Waals surface area contributed by atoms with Gasteiger partial charge in [0.2, 0.25) is 6.79 Å². The second-order valence-electron chi connectivity index (χ2n) is 6.21. The molecule has 3 heterocycles. The van der Waals surface area contributed by atoms with Crippen molar-refractivity contribution in [3.05, 3.63) is 53.2 Å². The Morgan fingerprint density at radius 2 is 2.00 bits per heavy atom. The average molecular weight is 414 g/mol. The molecule has 5 rings (SSSR count). The van der Waals surface area contributed by atoms with Crippen LogP contribution in [0.5, 0.6) is 11.5 Å². The Morgan fingerprint density at radius 3 is 2.86 bits per heavy atom. The largest absolute Gasteiger partial charge is 0.454 e. The minimum atomic E-state index is -2.70. The number of ether oxygens (including phenoxy) is 2. The lowest BCUT2D eigenvalue weighted by Crippen LogP contribution is -2.11. The van der Waals surface area contributed by atoms with E-state index in [-0.39, 0.29) is 6.79 Å². The standard InChI is InChI=1S/C19H12F2N4O3S/c20-16(21)17-22-11-3-1-10(5-12(11)23-17)18(26)25-19-24-13(7-29-19)9-2-4-14-15(6-9)28-8-27-14/h1-7,16H,8H2,(H,22,23)(H,24,25,26). The third-order valence-corrected chi connectivity index (χ3v) is 5.12. The van der Waals surface area contributed by atoms with Gasteiger partial charge in [-0.2, -0.15) is 0 Å². The first-order chi connectivity index (χ1) is 14.1. The minimum Gasteiger partial charge on any atom is -0.454 e. The highest BCUT2D eigenvalue weighted by Crippen LogP contribution is 2.36. The predicted octanol–water partition coefficient (Wildman–Crippen LogP) is 4.61. The Hall–Kier alpha value is -3.53. The number of nitrogens with one attached hydrogen (secondary N) is 2. The summed E-state index contributed by atoms with van der Waals surface area (Å²) < 4.78 is 36.2. The summed E-state index contributed by atoms with van der Waals surface area (Å²) in [5, 5.41) is 4.96. The summed E-state index contributed by atoms with van der Waals surface area (Å²) in [5.74, 6) is 0.511. The molecule has 29 heavy (non-hydrogen) atoms. The fourth-order valence-electron chi connectivity index (χ4n) is 2.96. The number of alkyl halides is 2. The zero-order chi connectivity index (χ0) is 20.0. The summed E-state index contributed by atoms with van der Waals surface area (Å²) in [7, 11) is 0. The number of anilines is 1. The minimum absolute atomic E-state index is 0.191. The first-order valence-electron chi connectivity index (χ1n) is 8.51. The van der Waals surface area contributed by atoms with E-state index in [0.717, 1.165) is 5.56 Å². The number of nitrogens with zero attached hydrogens (tertiary/aromatic N) is 2. The van der Waals surface area contributed by atoms with E-state index in [2.05, 4.69) is 20.3 Å². The SMILES string of the molecule is O=C(Nc1nc(-c2ccc3c(c2)OCO3)cs1)c1ccc2nc(C(F)F)[nH]c2c1. The number of amides is 1. The third kappa shape index (κ3) is 3.27. The van der Waals surface area contributed by atoms with Crippen LogP contribution in [0.4, 0.5) is 13.9 Å². The molecule has 0 saturated carbocycles. The first-order valence-corrected chi connectivity index (χ1v) is 9.39. The molecule has 2 aromatic carbocycles. The fraction of sp³-hybridized carbons (Fsp3) is 0.105. The third-order valence-electron chi connectivity index (χ3n) is 4.36. The van der Waals surface area contributed by atoms with E-state index < -0.39 is 18.2 Å². The van der Waals surface area contributed by atoms with Gasteiger partial charge in [0.1, 0.15) is 0 Å². The molecule has 0 saturated heterocycles. The van der Waals surface area contributed by atoms with E-state index in [0.29, 0.717) is 38.9 Å². The number of benzene rings is 2. The van der Waals surface area contributed by atoms with E-state index in [4.69, 9.17) is 9.47 Å². The zero-order valence-corrected chi connectivity index (χ0v) is 15.4. The number of hydrogen-bond donors (Lipinski definition) is 2. The van der Waals surface area contributed by atoms with E-state index in [1.165, 1.54) is 29.5 Å². The molecule has 0 bridgehead atoms. The molecule has 0 aliphatic carbocycles. The van der Waals surface area contributed by atoms with Crippen molar-refractivity contribution < 1.29 is 23.0 Å². The van der Waals surface area contributed by atoms with Gasteiger partial charge in [0.25, 0.3) is 12.3 Å². The van der Waals surface area contributed by atoms with Crippen molar-refractivity contribution in [2.24, 2.45) is 0 Å². The van der Waals surface area contributed by atoms with Crippen molar-refractivity contribution in [3.63, 3.8) is 0 Å². The van der Waals surface area contributed by atoms with Crippen LogP contribution in [0.15, 0.2) is 41.8 Å². The van der Waals surface area contributed by atoms with Crippen LogP contribution >= 0.6 is 11.3 Å². The second-order valence-corrected chi connectivity index (χ2v) is 7.07. The molecule has 10 heteroatoms. The number of carbonyl (C=O) groups excluding carboxylic acids is 1. The summed E-state index contributed by atoms with van der Waals surface area (Å²) in [5.41, 5.74) is 2.57. The lowest BCUT2D eigenvalue weighted by atomic mass is 10.1. The second kappa shape index (κ2) is 6.82. The number of thiazole rings is 1. The summed E-state index contributed by atoms with van der Waals surface area (Å²) in [6, 6.07) is 10.0. The van der Waals surface area contributed by atoms with Gasteiger partial charge in [0.05, 0.1) is 16.7 Å². The summed E-state index contributed by atoms with van der Waals surface area (Å²) in [4.78, 5) is 23.3. The van der Waals surface area contributed by atoms with Crippen molar-refractivity contribution in [1.29, 1.82) is 0 Å². The van der Waals surface area contributed by atoms with Gasteiger partial charge >= 0.3 is 0 Å². The molecule has 146 valence electrons. The van der Waals surface area contributed by atoms with Crippen LogP contribution in [0.3, 0.4) is 0 Å². The zero-order valence-electron chi connectivity index (χ0n) is 14.6. The Morgan fingerprint density at radius 1 is 1.14 bits per heavy atom. The van der Waals surface area contributed by atoms with Crippen LogP contribution in [-0.2, 0) is 0 Å². The van der Waals surface area contributed by atoms with Gasteiger partial charge in [0, 0.05) is 16.5 Å². The van der Waals surface area contributed by atoms with Gasteiger partial charge in [-0.3, -0.25) is 10.1 Å². The van der Waals surface area contributed by atoms with E-state index >= 15 is 0 Å². The fourth-order valence-corrected chi connectivity index (χ4v) is 3.68. The molecular weight excluding hydrogens is 402 g/mol. The highest BCUT2D eigenvalue weighted by molar-refractivity contribution is 7.14. The molecule has 2 aromatic heterocycles. The van der Waals surface area contributed by atoms with Crippen molar-refractivity contribution in [1.82, 2.24) is 15.0 Å². The Kier molecular flexibility index (Phi) is 4.13. The predicted molar refractivity (Wildman–Crippen MR) is 103 cm³/mol. The van der Waals surface area contributed by atoms with Gasteiger partial charge in [-0.25, -0.2) is 18.7 Å². The Balaban J connectivity index is 1.35.